The van der Waals surface area contributed by atoms with E-state index in [0.29, 0.717) is 24.7 Å². The van der Waals surface area contributed by atoms with Gasteiger partial charge in [0.2, 0.25) is 0 Å². The van der Waals surface area contributed by atoms with Crippen molar-refractivity contribution >= 4 is 5.91 Å². The molecule has 2 aliphatic heterocycles. The molecule has 0 spiro atoms. The smallest absolute Gasteiger partial charge is 0.276 e. The molecular formula is C23H31N3O3. The summed E-state index contributed by atoms with van der Waals surface area (Å²) in [6.45, 7) is 5.41. The minimum Gasteiger partial charge on any atom is -0.388 e. The lowest BCUT2D eigenvalue weighted by Gasteiger charge is -2.34. The molecule has 1 aromatic carbocycles. The van der Waals surface area contributed by atoms with Gasteiger partial charge in [-0.1, -0.05) is 29.4 Å². The number of piperidine rings is 2. The lowest BCUT2D eigenvalue weighted by molar-refractivity contribution is 0.0454. The summed E-state index contributed by atoms with van der Waals surface area (Å²) in [4.78, 5) is 14.7. The van der Waals surface area contributed by atoms with Crippen molar-refractivity contribution in [2.45, 2.75) is 45.1 Å². The van der Waals surface area contributed by atoms with Crippen molar-refractivity contribution in [2.75, 3.05) is 26.2 Å². The van der Waals surface area contributed by atoms with Gasteiger partial charge in [0.15, 0.2) is 5.69 Å². The number of nitrogens with zero attached hydrogens (tertiary/aromatic N) is 2. The van der Waals surface area contributed by atoms with E-state index in [-0.39, 0.29) is 11.8 Å². The summed E-state index contributed by atoms with van der Waals surface area (Å²) in [6.07, 6.45) is 4.24. The predicted molar refractivity (Wildman–Crippen MR) is 111 cm³/mol. The van der Waals surface area contributed by atoms with Crippen molar-refractivity contribution in [1.82, 2.24) is 15.4 Å². The van der Waals surface area contributed by atoms with Crippen LogP contribution in [0.2, 0.25) is 0 Å². The maximum atomic E-state index is 12.8. The zero-order valence-corrected chi connectivity index (χ0v) is 17.1. The number of rotatable bonds is 5. The van der Waals surface area contributed by atoms with Crippen LogP contribution in [0.25, 0.3) is 0 Å². The Morgan fingerprint density at radius 2 is 1.97 bits per heavy atom. The monoisotopic (exact) mass is 397 g/mol. The zero-order valence-electron chi connectivity index (χ0n) is 17.1. The Balaban J connectivity index is 1.31. The van der Waals surface area contributed by atoms with E-state index in [9.17, 15) is 9.90 Å². The van der Waals surface area contributed by atoms with Crippen molar-refractivity contribution in [3.63, 3.8) is 0 Å². The first-order valence-corrected chi connectivity index (χ1v) is 10.8. The van der Waals surface area contributed by atoms with Crippen LogP contribution in [0.3, 0.4) is 0 Å². The van der Waals surface area contributed by atoms with Gasteiger partial charge in [0.05, 0.1) is 6.10 Å². The van der Waals surface area contributed by atoms with Crippen molar-refractivity contribution in [3.05, 3.63) is 52.9 Å². The molecule has 6 heteroatoms. The van der Waals surface area contributed by atoms with Crippen molar-refractivity contribution in [1.29, 1.82) is 0 Å². The van der Waals surface area contributed by atoms with E-state index < -0.39 is 6.10 Å². The molecule has 0 saturated carbocycles. The summed E-state index contributed by atoms with van der Waals surface area (Å²) in [6, 6.07) is 9.80. The van der Waals surface area contributed by atoms with Gasteiger partial charge in [-0.05, 0) is 68.7 Å². The van der Waals surface area contributed by atoms with E-state index in [4.69, 9.17) is 4.52 Å². The molecule has 29 heavy (non-hydrogen) atoms. The average Bonchev–Trinajstić information content (AvgIpc) is 3.22. The number of amides is 1. The molecule has 0 radical (unpaired) electrons. The highest BCUT2D eigenvalue weighted by Crippen LogP contribution is 2.32. The molecule has 4 rings (SSSR count). The SMILES string of the molecule is Cc1ccccc1C(O)C1CCN(C(=O)c2cc(CC3CCNCC3)on2)CC1. The normalized spacial score (nSPS) is 20.0. The van der Waals surface area contributed by atoms with Crippen molar-refractivity contribution in [3.8, 4) is 0 Å². The van der Waals surface area contributed by atoms with E-state index in [1.165, 1.54) is 0 Å². The quantitative estimate of drug-likeness (QED) is 0.811. The minimum atomic E-state index is -0.475. The van der Waals surface area contributed by atoms with Crippen LogP contribution in [0.15, 0.2) is 34.9 Å². The molecule has 1 amide bonds. The number of aryl methyl sites for hydroxylation is 1. The second-order valence-corrected chi connectivity index (χ2v) is 8.51. The largest absolute Gasteiger partial charge is 0.388 e. The van der Waals surface area contributed by atoms with Gasteiger partial charge >= 0.3 is 0 Å². The number of carbonyl (C=O) groups is 1. The average molecular weight is 398 g/mol. The van der Waals surface area contributed by atoms with Crippen molar-refractivity contribution in [2.24, 2.45) is 11.8 Å². The Bertz CT molecular complexity index is 820. The molecule has 6 nitrogen and oxygen atoms in total. The minimum absolute atomic E-state index is 0.0610. The Morgan fingerprint density at radius 1 is 1.24 bits per heavy atom. The number of hydrogen-bond acceptors (Lipinski definition) is 5. The third kappa shape index (κ3) is 4.70. The Morgan fingerprint density at radius 3 is 2.69 bits per heavy atom. The summed E-state index contributed by atoms with van der Waals surface area (Å²) in [5.41, 5.74) is 2.52. The highest BCUT2D eigenvalue weighted by molar-refractivity contribution is 5.92. The molecule has 1 atom stereocenters. The van der Waals surface area contributed by atoms with E-state index in [1.807, 2.05) is 42.2 Å². The van der Waals surface area contributed by atoms with Crippen LogP contribution in [0.1, 0.15) is 59.2 Å². The fourth-order valence-corrected chi connectivity index (χ4v) is 4.63. The van der Waals surface area contributed by atoms with E-state index in [2.05, 4.69) is 10.5 Å². The zero-order chi connectivity index (χ0) is 20.2. The van der Waals surface area contributed by atoms with Crippen molar-refractivity contribution < 1.29 is 14.4 Å². The van der Waals surface area contributed by atoms with Crippen LogP contribution in [0, 0.1) is 18.8 Å². The number of benzene rings is 1. The summed E-state index contributed by atoms with van der Waals surface area (Å²) >= 11 is 0. The molecule has 0 bridgehead atoms. The standard InChI is InChI=1S/C23H31N3O3/c1-16-4-2-3-5-20(16)22(27)18-8-12-26(13-9-18)23(28)21-15-19(29-25-21)14-17-6-10-24-11-7-17/h2-5,15,17-18,22,24,27H,6-14H2,1H3. The molecule has 1 unspecified atom stereocenters. The second-order valence-electron chi connectivity index (χ2n) is 8.51. The van der Waals surface area contributed by atoms with Crippen LogP contribution in [-0.2, 0) is 6.42 Å². The summed E-state index contributed by atoms with van der Waals surface area (Å²) < 4.78 is 5.45. The number of likely N-dealkylation sites (tertiary alicyclic amines) is 1. The van der Waals surface area contributed by atoms with Gasteiger partial charge in [0.1, 0.15) is 5.76 Å². The topological polar surface area (TPSA) is 78.6 Å². The van der Waals surface area contributed by atoms with E-state index in [1.54, 1.807) is 0 Å². The third-order valence-corrected chi connectivity index (χ3v) is 6.51. The summed E-state index contributed by atoms with van der Waals surface area (Å²) in [7, 11) is 0. The van der Waals surface area contributed by atoms with E-state index >= 15 is 0 Å². The first kappa shape index (κ1) is 20.1. The number of aromatic nitrogens is 1. The molecule has 1 aromatic heterocycles. The van der Waals surface area contributed by atoms with Gasteiger partial charge in [-0.3, -0.25) is 4.79 Å². The number of aliphatic hydroxyl groups excluding tert-OH is 1. The molecule has 2 aliphatic rings. The molecule has 3 heterocycles. The molecule has 2 N–H and O–H groups in total. The Labute approximate surface area is 172 Å². The van der Waals surface area contributed by atoms with Crippen LogP contribution < -0.4 is 5.32 Å². The fourth-order valence-electron chi connectivity index (χ4n) is 4.63. The Kier molecular flexibility index (Phi) is 6.31. The predicted octanol–water partition coefficient (Wildman–Crippen LogP) is 3.11. The molecule has 2 aromatic rings. The van der Waals surface area contributed by atoms with Gasteiger partial charge in [0.25, 0.3) is 5.91 Å². The lowest BCUT2D eigenvalue weighted by atomic mass is 9.86. The second kappa shape index (κ2) is 9.09. The maximum Gasteiger partial charge on any atom is 0.276 e. The highest BCUT2D eigenvalue weighted by Gasteiger charge is 2.30. The number of nitrogens with one attached hydrogen (secondary N) is 1. The van der Waals surface area contributed by atoms with Gasteiger partial charge in [0, 0.05) is 25.6 Å². The Hall–Kier alpha value is -2.18. The van der Waals surface area contributed by atoms with Gasteiger partial charge in [-0.25, -0.2) is 0 Å². The van der Waals surface area contributed by atoms with Crippen LogP contribution >= 0.6 is 0 Å². The molecule has 2 fully saturated rings. The van der Waals surface area contributed by atoms with Crippen LogP contribution in [-0.4, -0.2) is 47.2 Å². The van der Waals surface area contributed by atoms with Crippen LogP contribution in [0.4, 0.5) is 0 Å². The molecule has 0 aliphatic carbocycles. The van der Waals surface area contributed by atoms with Gasteiger partial charge in [-0.2, -0.15) is 0 Å². The lowest BCUT2D eigenvalue weighted by Crippen LogP contribution is -2.40. The maximum absolute atomic E-state index is 12.8. The number of hydrogen-bond donors (Lipinski definition) is 2. The first-order valence-electron chi connectivity index (χ1n) is 10.8. The summed E-state index contributed by atoms with van der Waals surface area (Å²) in [5.74, 6) is 1.53. The molecule has 156 valence electrons. The fraction of sp³-hybridized carbons (Fsp3) is 0.565. The van der Waals surface area contributed by atoms with E-state index in [0.717, 1.165) is 62.1 Å². The molecular weight excluding hydrogens is 366 g/mol. The molecule has 2 saturated heterocycles. The van der Waals surface area contributed by atoms with Gasteiger partial charge < -0.3 is 19.8 Å². The van der Waals surface area contributed by atoms with Crippen LogP contribution in [0.5, 0.6) is 0 Å². The number of aliphatic hydroxyl groups is 1. The van der Waals surface area contributed by atoms with Gasteiger partial charge in [-0.15, -0.1) is 0 Å². The first-order chi connectivity index (χ1) is 14.1. The summed E-state index contributed by atoms with van der Waals surface area (Å²) in [5, 5.41) is 18.2. The number of carbonyl (C=O) groups excluding carboxylic acids is 1. The third-order valence-electron chi connectivity index (χ3n) is 6.51. The highest BCUT2D eigenvalue weighted by atomic mass is 16.5.